The Bertz CT molecular complexity index is 854. The van der Waals surface area contributed by atoms with E-state index in [9.17, 15) is 0 Å². The largest absolute Gasteiger partial charge is 0.374 e. The van der Waals surface area contributed by atoms with Gasteiger partial charge in [0.2, 0.25) is 0 Å². The van der Waals surface area contributed by atoms with Crippen molar-refractivity contribution >= 4 is 0 Å². The number of hydrogen-bond donors (Lipinski definition) is 0. The molecule has 0 N–H and O–H groups in total. The SMILES string of the molecule is c1ccc(COC[C@@H]2OC[C@@H](OCc3ccccc3)[C@H]2OCc2ccccc2)cc1. The van der Waals surface area contributed by atoms with Gasteiger partial charge in [0, 0.05) is 0 Å². The highest BCUT2D eigenvalue weighted by Crippen LogP contribution is 2.24. The molecule has 0 aromatic heterocycles. The van der Waals surface area contributed by atoms with Crippen molar-refractivity contribution in [2.45, 2.75) is 38.1 Å². The second kappa shape index (κ2) is 11.0. The molecule has 3 atom stereocenters. The Kier molecular flexibility index (Phi) is 7.64. The maximum atomic E-state index is 6.28. The molecular weight excluding hydrogens is 376 g/mol. The Hall–Kier alpha value is -2.50. The molecule has 1 aliphatic heterocycles. The van der Waals surface area contributed by atoms with Crippen LogP contribution in [0.2, 0.25) is 0 Å². The summed E-state index contributed by atoms with van der Waals surface area (Å²) in [5.74, 6) is 0. The molecule has 0 aliphatic carbocycles. The van der Waals surface area contributed by atoms with Crippen LogP contribution in [-0.4, -0.2) is 31.5 Å². The highest BCUT2D eigenvalue weighted by atomic mass is 16.6. The van der Waals surface area contributed by atoms with Gasteiger partial charge in [0.1, 0.15) is 18.3 Å². The summed E-state index contributed by atoms with van der Waals surface area (Å²) in [5.41, 5.74) is 3.42. The zero-order valence-electron chi connectivity index (χ0n) is 17.1. The van der Waals surface area contributed by atoms with E-state index in [2.05, 4.69) is 36.4 Å². The van der Waals surface area contributed by atoms with Crippen LogP contribution in [0.5, 0.6) is 0 Å². The minimum absolute atomic E-state index is 0.126. The summed E-state index contributed by atoms with van der Waals surface area (Å²) in [6.45, 7) is 2.60. The minimum atomic E-state index is -0.176. The average molecular weight is 405 g/mol. The predicted molar refractivity (Wildman–Crippen MR) is 116 cm³/mol. The average Bonchev–Trinajstić information content (AvgIpc) is 3.20. The summed E-state index contributed by atoms with van der Waals surface area (Å²) >= 11 is 0. The van der Waals surface area contributed by atoms with Crippen LogP contribution in [0.1, 0.15) is 16.7 Å². The topological polar surface area (TPSA) is 36.9 Å². The third-order valence-electron chi connectivity index (χ3n) is 5.19. The molecule has 1 fully saturated rings. The fraction of sp³-hybridized carbons (Fsp3) is 0.308. The van der Waals surface area contributed by atoms with Crippen LogP contribution in [0, 0.1) is 0 Å². The van der Waals surface area contributed by atoms with Crippen LogP contribution in [0.15, 0.2) is 91.0 Å². The molecular formula is C26H28O4. The monoisotopic (exact) mass is 404 g/mol. The van der Waals surface area contributed by atoms with Gasteiger partial charge in [-0.2, -0.15) is 0 Å². The van der Waals surface area contributed by atoms with Crippen molar-refractivity contribution in [1.82, 2.24) is 0 Å². The highest BCUT2D eigenvalue weighted by molar-refractivity contribution is 5.15. The lowest BCUT2D eigenvalue weighted by Gasteiger charge is -2.24. The molecule has 3 aromatic carbocycles. The van der Waals surface area contributed by atoms with Crippen molar-refractivity contribution < 1.29 is 18.9 Å². The predicted octanol–water partition coefficient (Wildman–Crippen LogP) is 4.77. The van der Waals surface area contributed by atoms with E-state index in [1.54, 1.807) is 0 Å². The van der Waals surface area contributed by atoms with Crippen molar-refractivity contribution in [2.24, 2.45) is 0 Å². The Labute approximate surface area is 178 Å². The normalized spacial score (nSPS) is 21.0. The number of rotatable bonds is 10. The fourth-order valence-electron chi connectivity index (χ4n) is 3.56. The summed E-state index contributed by atoms with van der Waals surface area (Å²) in [6.07, 6.45) is -0.456. The molecule has 0 radical (unpaired) electrons. The van der Waals surface area contributed by atoms with Crippen LogP contribution in [-0.2, 0) is 38.8 Å². The lowest BCUT2D eigenvalue weighted by atomic mass is 10.1. The van der Waals surface area contributed by atoms with Gasteiger partial charge in [-0.3, -0.25) is 0 Å². The Balaban J connectivity index is 1.35. The Morgan fingerprint density at radius 3 is 1.70 bits per heavy atom. The number of ether oxygens (including phenoxy) is 4. The van der Waals surface area contributed by atoms with E-state index in [0.29, 0.717) is 33.0 Å². The summed E-state index contributed by atoms with van der Waals surface area (Å²) in [7, 11) is 0. The van der Waals surface area contributed by atoms with Gasteiger partial charge in [-0.1, -0.05) is 91.0 Å². The van der Waals surface area contributed by atoms with Gasteiger partial charge < -0.3 is 18.9 Å². The molecule has 1 saturated heterocycles. The van der Waals surface area contributed by atoms with Crippen LogP contribution >= 0.6 is 0 Å². The van der Waals surface area contributed by atoms with Crippen LogP contribution < -0.4 is 0 Å². The highest BCUT2D eigenvalue weighted by Gasteiger charge is 2.39. The van der Waals surface area contributed by atoms with Crippen molar-refractivity contribution in [3.05, 3.63) is 108 Å². The van der Waals surface area contributed by atoms with E-state index in [-0.39, 0.29) is 18.3 Å². The molecule has 0 amide bonds. The second-order valence-corrected chi connectivity index (χ2v) is 7.47. The summed E-state index contributed by atoms with van der Waals surface area (Å²) in [4.78, 5) is 0. The number of benzene rings is 3. The third kappa shape index (κ3) is 6.00. The molecule has 30 heavy (non-hydrogen) atoms. The first-order valence-electron chi connectivity index (χ1n) is 10.4. The van der Waals surface area contributed by atoms with Gasteiger partial charge in [0.25, 0.3) is 0 Å². The van der Waals surface area contributed by atoms with E-state index in [0.717, 1.165) is 16.7 Å². The molecule has 0 bridgehead atoms. The summed E-state index contributed by atoms with van der Waals surface area (Å²) in [6, 6.07) is 30.5. The van der Waals surface area contributed by atoms with Gasteiger partial charge in [0.05, 0.1) is 33.0 Å². The van der Waals surface area contributed by atoms with Crippen molar-refractivity contribution in [1.29, 1.82) is 0 Å². The van der Waals surface area contributed by atoms with Crippen LogP contribution in [0.25, 0.3) is 0 Å². The number of hydrogen-bond acceptors (Lipinski definition) is 4. The molecule has 1 aliphatic rings. The molecule has 4 rings (SSSR count). The zero-order valence-corrected chi connectivity index (χ0v) is 17.1. The van der Waals surface area contributed by atoms with Gasteiger partial charge in [-0.25, -0.2) is 0 Å². The Morgan fingerprint density at radius 2 is 1.13 bits per heavy atom. The first kappa shape index (κ1) is 20.8. The molecule has 156 valence electrons. The minimum Gasteiger partial charge on any atom is -0.374 e. The maximum absolute atomic E-state index is 6.28. The molecule has 0 unspecified atom stereocenters. The first-order chi connectivity index (χ1) is 14.9. The Morgan fingerprint density at radius 1 is 0.633 bits per heavy atom. The van der Waals surface area contributed by atoms with E-state index >= 15 is 0 Å². The molecule has 3 aromatic rings. The van der Waals surface area contributed by atoms with Gasteiger partial charge in [-0.05, 0) is 16.7 Å². The smallest absolute Gasteiger partial charge is 0.115 e. The molecule has 0 spiro atoms. The fourth-order valence-corrected chi connectivity index (χ4v) is 3.56. The van der Waals surface area contributed by atoms with E-state index in [1.807, 2.05) is 54.6 Å². The van der Waals surface area contributed by atoms with Gasteiger partial charge in [0.15, 0.2) is 0 Å². The van der Waals surface area contributed by atoms with Crippen molar-refractivity contribution in [3.63, 3.8) is 0 Å². The lowest BCUT2D eigenvalue weighted by molar-refractivity contribution is -0.0895. The second-order valence-electron chi connectivity index (χ2n) is 7.47. The quantitative estimate of drug-likeness (QED) is 0.488. The molecule has 4 heteroatoms. The summed E-state index contributed by atoms with van der Waals surface area (Å²) in [5, 5.41) is 0. The van der Waals surface area contributed by atoms with Crippen LogP contribution in [0.4, 0.5) is 0 Å². The maximum Gasteiger partial charge on any atom is 0.115 e. The molecule has 1 heterocycles. The van der Waals surface area contributed by atoms with Crippen LogP contribution in [0.3, 0.4) is 0 Å². The van der Waals surface area contributed by atoms with Crippen molar-refractivity contribution in [3.8, 4) is 0 Å². The van der Waals surface area contributed by atoms with Gasteiger partial charge in [-0.15, -0.1) is 0 Å². The molecule has 4 nitrogen and oxygen atoms in total. The zero-order chi connectivity index (χ0) is 20.4. The third-order valence-corrected chi connectivity index (χ3v) is 5.19. The van der Waals surface area contributed by atoms with Gasteiger partial charge >= 0.3 is 0 Å². The molecule has 0 saturated carbocycles. The van der Waals surface area contributed by atoms with E-state index in [1.165, 1.54) is 0 Å². The van der Waals surface area contributed by atoms with E-state index < -0.39 is 0 Å². The van der Waals surface area contributed by atoms with Crippen molar-refractivity contribution in [2.75, 3.05) is 13.2 Å². The summed E-state index contributed by atoms with van der Waals surface area (Å²) < 4.78 is 24.4. The lowest BCUT2D eigenvalue weighted by Crippen LogP contribution is -2.37. The van der Waals surface area contributed by atoms with E-state index in [4.69, 9.17) is 18.9 Å². The first-order valence-corrected chi connectivity index (χ1v) is 10.4. The standard InChI is InChI=1S/C26H28O4/c1-4-10-21(11-5-1)16-27-19-24-26(30-18-23-14-8-3-9-15-23)25(20-29-24)28-17-22-12-6-2-7-13-22/h1-15,24-26H,16-20H2/t24-,25+,26-/m0/s1.